The standard InChI is InChI=1S/C74H108N10O18/c1-14-48(5)65-69(91)78-54(11)73(95)102-66(49(6)15-2)50(7)22-19-23-51(8)72(94)101-60(44-47(3)4)68(90)77-53(10)70(92)83(13)59(71(93)82(12)46-62(86)79-65)45-55-25-31-58(32-26-55)100-74(96)76-36-21-39-98-41-43-99-42-40-97-38-20-35-75-67(89)57-29-27-56(28-30-57)52(9)80-81-61(85)24-17-16-18-37-84-63(87)33-34-64(84)88/h15,23,25-34,47-48,50,53-54,59-60,65-66H,14,16-22,24,35-46H2,1-13H3,(H,75,89)(H,76,96)(H,77,90)(H,78,91)(H,79,86)(H,81,85)/b49-15+,51-23+,80-52+/t48?,50-,53-,54+,59+,60+,65-,66+/m0/s1. The van der Waals surface area contributed by atoms with Gasteiger partial charge in [-0.1, -0.05) is 83.9 Å². The van der Waals surface area contributed by atoms with Gasteiger partial charge in [-0.15, -0.1) is 0 Å². The van der Waals surface area contributed by atoms with Crippen molar-refractivity contribution >= 4 is 76.9 Å². The number of rotatable bonds is 31. The molecule has 6 N–H and O–H groups in total. The summed E-state index contributed by atoms with van der Waals surface area (Å²) in [6.45, 7) is 21.6. The molecule has 2 aromatic carbocycles. The molecular formula is C74H108N10O18. The Morgan fingerprint density at radius 2 is 1.31 bits per heavy atom. The molecule has 28 nitrogen and oxygen atoms in total. The Balaban J connectivity index is 1.22. The van der Waals surface area contributed by atoms with E-state index in [1.165, 1.54) is 62.0 Å². The predicted molar refractivity (Wildman–Crippen MR) is 381 cm³/mol. The van der Waals surface area contributed by atoms with Gasteiger partial charge in [-0.05, 0) is 145 Å². The van der Waals surface area contributed by atoms with Crippen LogP contribution in [0, 0.1) is 17.8 Å². The summed E-state index contributed by atoms with van der Waals surface area (Å²) >= 11 is 0. The number of ether oxygens (including phenoxy) is 6. The van der Waals surface area contributed by atoms with Crippen molar-refractivity contribution in [3.8, 4) is 5.75 Å². The molecule has 10 amide bonds. The monoisotopic (exact) mass is 1420 g/mol. The first-order valence-corrected chi connectivity index (χ1v) is 35.2. The van der Waals surface area contributed by atoms with Crippen molar-refractivity contribution in [1.82, 2.24) is 46.7 Å². The molecule has 562 valence electrons. The van der Waals surface area contributed by atoms with E-state index in [1.807, 2.05) is 47.6 Å². The van der Waals surface area contributed by atoms with Gasteiger partial charge in [0.2, 0.25) is 29.5 Å². The number of carbonyl (C=O) groups excluding carboxylic acids is 12. The number of imide groups is 1. The molecule has 0 radical (unpaired) electrons. The van der Waals surface area contributed by atoms with Crippen molar-refractivity contribution < 1.29 is 86.0 Å². The van der Waals surface area contributed by atoms with Crippen molar-refractivity contribution in [3.05, 3.63) is 101 Å². The summed E-state index contributed by atoms with van der Waals surface area (Å²) in [5, 5.41) is 17.8. The number of cyclic esters (lactones) is 2. The molecule has 0 bridgehead atoms. The molecule has 0 spiro atoms. The Hall–Kier alpha value is -9.15. The van der Waals surface area contributed by atoms with Gasteiger partial charge in [-0.25, -0.2) is 19.8 Å². The van der Waals surface area contributed by atoms with Crippen LogP contribution in [0.15, 0.2) is 89.1 Å². The second-order valence-corrected chi connectivity index (χ2v) is 26.2. The quantitative estimate of drug-likeness (QED) is 0.0127. The number of unbranched alkanes of at least 4 members (excludes halogenated alkanes) is 2. The number of esters is 2. The van der Waals surface area contributed by atoms with Gasteiger partial charge in [-0.3, -0.25) is 48.1 Å². The molecule has 8 atom stereocenters. The van der Waals surface area contributed by atoms with Gasteiger partial charge in [0, 0.05) is 83.1 Å². The molecule has 28 heteroatoms. The Kier molecular flexibility index (Phi) is 37.6. The summed E-state index contributed by atoms with van der Waals surface area (Å²) in [5.41, 5.74) is 5.86. The maximum atomic E-state index is 14.6. The van der Waals surface area contributed by atoms with Crippen LogP contribution in [0.2, 0.25) is 0 Å². The molecule has 2 aliphatic heterocycles. The van der Waals surface area contributed by atoms with Crippen LogP contribution >= 0.6 is 0 Å². The summed E-state index contributed by atoms with van der Waals surface area (Å²) < 4.78 is 34.1. The number of nitrogens with zero attached hydrogens (tertiary/aromatic N) is 4. The van der Waals surface area contributed by atoms with E-state index in [0.29, 0.717) is 121 Å². The summed E-state index contributed by atoms with van der Waals surface area (Å²) in [6.07, 6.45) is 7.87. The Morgan fingerprint density at radius 1 is 0.716 bits per heavy atom. The van der Waals surface area contributed by atoms with Gasteiger partial charge < -0.3 is 64.8 Å². The second-order valence-electron chi connectivity index (χ2n) is 26.2. The molecule has 0 saturated carbocycles. The highest BCUT2D eigenvalue weighted by Gasteiger charge is 2.37. The van der Waals surface area contributed by atoms with E-state index in [4.69, 9.17) is 28.4 Å². The number of allylic oxidation sites excluding steroid dienone is 2. The third-order valence-corrected chi connectivity index (χ3v) is 17.3. The fourth-order valence-electron chi connectivity index (χ4n) is 10.7. The Morgan fingerprint density at radius 3 is 1.92 bits per heavy atom. The number of benzene rings is 2. The molecule has 2 heterocycles. The zero-order valence-corrected chi connectivity index (χ0v) is 61.6. The molecular weight excluding hydrogens is 1320 g/mol. The molecule has 2 aromatic rings. The van der Waals surface area contributed by atoms with E-state index in [9.17, 15) is 57.5 Å². The molecule has 0 aliphatic carbocycles. The van der Waals surface area contributed by atoms with E-state index in [-0.39, 0.29) is 72.6 Å². The zero-order chi connectivity index (χ0) is 75.4. The average molecular weight is 1430 g/mol. The van der Waals surface area contributed by atoms with Crippen LogP contribution in [0.1, 0.15) is 162 Å². The van der Waals surface area contributed by atoms with Crippen molar-refractivity contribution in [2.45, 2.75) is 183 Å². The Labute approximate surface area is 599 Å². The second kappa shape index (κ2) is 45.0. The number of hydrogen-bond donors (Lipinski definition) is 6. The number of hydrazone groups is 1. The number of nitrogens with one attached hydrogen (secondary N) is 6. The highest BCUT2D eigenvalue weighted by Crippen LogP contribution is 2.24. The highest BCUT2D eigenvalue weighted by molar-refractivity contribution is 6.13. The van der Waals surface area contributed by atoms with E-state index in [2.05, 4.69) is 37.1 Å². The van der Waals surface area contributed by atoms with Gasteiger partial charge >= 0.3 is 18.0 Å². The van der Waals surface area contributed by atoms with Crippen molar-refractivity contribution in [1.29, 1.82) is 0 Å². The van der Waals surface area contributed by atoms with Crippen molar-refractivity contribution in [2.24, 2.45) is 22.9 Å². The first kappa shape index (κ1) is 85.3. The largest absolute Gasteiger partial charge is 0.456 e. The van der Waals surface area contributed by atoms with E-state index >= 15 is 0 Å². The van der Waals surface area contributed by atoms with Crippen LogP contribution in [0.5, 0.6) is 5.75 Å². The average Bonchev–Trinajstić information content (AvgIpc) is 1.16. The first-order valence-electron chi connectivity index (χ1n) is 35.2. The van der Waals surface area contributed by atoms with E-state index < -0.39 is 96.4 Å². The SMILES string of the molecule is C/C=C(\C)[C@H]1OC(=O)[C@@H](C)NC(=O)[C@H](C(C)CC)NC(=O)CN(C)C(=O)[C@@H](Cc2ccc(OC(=O)NCCCOCCOCCOCCCNC(=O)c3ccc(/C(C)=N/NC(=O)CCCCCN4C(=O)C=CC4=O)cc3)cc2)N(C)C(=O)[C@H](C)NC(=O)[C@@H](CC(C)C)OC(=O)/C(C)=C/CC[C@@H]1C. The van der Waals surface area contributed by atoms with Gasteiger partial charge in [0.15, 0.2) is 6.10 Å². The fourth-order valence-corrected chi connectivity index (χ4v) is 10.7. The lowest BCUT2D eigenvalue weighted by molar-refractivity contribution is -0.154. The molecule has 2 aliphatic rings. The maximum Gasteiger partial charge on any atom is 0.412 e. The molecule has 0 saturated heterocycles. The van der Waals surface area contributed by atoms with Gasteiger partial charge in [0.05, 0.1) is 38.7 Å². The normalized spacial score (nSPS) is 21.5. The lowest BCUT2D eigenvalue weighted by Gasteiger charge is -2.33. The number of carbonyl (C=O) groups is 12. The van der Waals surface area contributed by atoms with Crippen molar-refractivity contribution in [2.75, 3.05) is 79.9 Å². The van der Waals surface area contributed by atoms with Crippen LogP contribution in [-0.2, 0) is 78.1 Å². The van der Waals surface area contributed by atoms with Crippen LogP contribution in [0.3, 0.4) is 0 Å². The molecule has 0 fully saturated rings. The number of amides is 10. The van der Waals surface area contributed by atoms with E-state index in [1.54, 1.807) is 63.2 Å². The Bertz CT molecular complexity index is 3260. The molecule has 4 rings (SSSR count). The van der Waals surface area contributed by atoms with Crippen LogP contribution in [0.4, 0.5) is 4.79 Å². The summed E-state index contributed by atoms with van der Waals surface area (Å²) in [5.74, 6) is -6.54. The third kappa shape index (κ3) is 29.8. The number of likely N-dealkylation sites (N-methyl/N-ethyl adjacent to an activating group) is 2. The van der Waals surface area contributed by atoms with Crippen LogP contribution in [-0.4, -0.2) is 208 Å². The maximum absolute atomic E-state index is 14.6. The minimum absolute atomic E-state index is 0.103. The molecule has 0 aromatic heterocycles. The first-order chi connectivity index (χ1) is 48.5. The lowest BCUT2D eigenvalue weighted by Crippen LogP contribution is -2.57. The summed E-state index contributed by atoms with van der Waals surface area (Å²) in [7, 11) is 2.76. The van der Waals surface area contributed by atoms with Crippen LogP contribution in [0.25, 0.3) is 0 Å². The zero-order valence-electron chi connectivity index (χ0n) is 61.6. The lowest BCUT2D eigenvalue weighted by atomic mass is 9.93. The molecule has 1 unspecified atom stereocenters. The summed E-state index contributed by atoms with van der Waals surface area (Å²) in [6, 6.07) is 8.35. The highest BCUT2D eigenvalue weighted by atomic mass is 16.6. The van der Waals surface area contributed by atoms with E-state index in [0.717, 1.165) is 16.0 Å². The topological polar surface area (TPSA) is 354 Å². The van der Waals surface area contributed by atoms with Gasteiger partial charge in [0.1, 0.15) is 36.0 Å². The minimum Gasteiger partial charge on any atom is -0.456 e. The summed E-state index contributed by atoms with van der Waals surface area (Å²) in [4.78, 5) is 162. The molecule has 102 heavy (non-hydrogen) atoms. The third-order valence-electron chi connectivity index (χ3n) is 17.3. The van der Waals surface area contributed by atoms with Gasteiger partial charge in [0.25, 0.3) is 23.6 Å². The fraction of sp³-hybridized carbons (Fsp3) is 0.581. The minimum atomic E-state index is -1.28. The van der Waals surface area contributed by atoms with Crippen LogP contribution < -0.4 is 36.7 Å². The predicted octanol–water partition coefficient (Wildman–Crippen LogP) is 5.94. The van der Waals surface area contributed by atoms with Crippen molar-refractivity contribution in [3.63, 3.8) is 0 Å². The smallest absolute Gasteiger partial charge is 0.412 e. The van der Waals surface area contributed by atoms with Gasteiger partial charge in [-0.2, -0.15) is 5.10 Å². The number of hydrogen-bond acceptors (Lipinski definition) is 19.